The molecule has 2 aliphatic rings. The van der Waals surface area contributed by atoms with Crippen LogP contribution in [0.5, 0.6) is 0 Å². The number of nitrogens with two attached hydrogens (primary N) is 2. The molecule has 0 unspecified atom stereocenters. The lowest BCUT2D eigenvalue weighted by molar-refractivity contribution is -0.144. The predicted molar refractivity (Wildman–Crippen MR) is 238 cm³/mol. The third-order valence-corrected chi connectivity index (χ3v) is 10.9. The molecular weight excluding hydrogens is 884 g/mol. The number of alkyl halides is 1. The van der Waals surface area contributed by atoms with Crippen molar-refractivity contribution in [1.82, 2.24) is 52.8 Å². The van der Waals surface area contributed by atoms with Crippen molar-refractivity contribution in [2.45, 2.75) is 147 Å². The second-order valence-corrected chi connectivity index (χ2v) is 17.7. The molecule has 2 saturated heterocycles. The van der Waals surface area contributed by atoms with E-state index in [1.54, 1.807) is 27.7 Å². The number of primary amides is 1. The Kier molecular flexibility index (Phi) is 24.7. The minimum atomic E-state index is -1.37. The lowest BCUT2D eigenvalue weighted by Gasteiger charge is -2.26. The van der Waals surface area contributed by atoms with Gasteiger partial charge >= 0.3 is 5.97 Å². The standard InChI is InChI=1S/C42H71FN12O12/c1-22(2)15-29(54-39(63)26(11-12-32(45)56)51-33(57)19-47-37(61)28-17-25(43)18-46-28)38(62)48-20-34(58)52-30(16-23(3)4)40(64)50-24(5)36(60)49-21-35(59)55-14-8-10-31(55)41(65)53-27(42(66)67)9-6-7-13-44/h22-31,46H,6-21,44H2,1-5H3,(H2,45,56)(H,47,61)(H,48,62)(H,49,60)(H,50,64)(H,51,57)(H,52,58)(H,53,65)(H,54,63)(H,66,67)/t24-,25+,26-,27-,28-,29-,30-,31-/m0/s1. The van der Waals surface area contributed by atoms with E-state index >= 15 is 0 Å². The van der Waals surface area contributed by atoms with Gasteiger partial charge in [0.2, 0.25) is 59.1 Å². The van der Waals surface area contributed by atoms with Crippen LogP contribution in [0.2, 0.25) is 0 Å². The number of nitrogens with zero attached hydrogens (tertiary/aromatic N) is 1. The summed E-state index contributed by atoms with van der Waals surface area (Å²) in [5.74, 6) is -8.83. The highest BCUT2D eigenvalue weighted by Gasteiger charge is 2.37. The van der Waals surface area contributed by atoms with Gasteiger partial charge in [0, 0.05) is 25.9 Å². The molecule has 8 atom stereocenters. The van der Waals surface area contributed by atoms with Crippen LogP contribution in [-0.2, 0) is 52.7 Å². The van der Waals surface area contributed by atoms with E-state index in [2.05, 4.69) is 47.9 Å². The van der Waals surface area contributed by atoms with E-state index in [1.165, 1.54) is 11.8 Å². The third kappa shape index (κ3) is 21.0. The lowest BCUT2D eigenvalue weighted by Crippen LogP contribution is -2.57. The summed E-state index contributed by atoms with van der Waals surface area (Å²) in [5, 5.41) is 32.0. The fourth-order valence-electron chi connectivity index (χ4n) is 7.35. The Morgan fingerprint density at radius 2 is 1.27 bits per heavy atom. The fraction of sp³-hybridized carbons (Fsp3) is 0.738. The Morgan fingerprint density at radius 3 is 1.84 bits per heavy atom. The zero-order valence-electron chi connectivity index (χ0n) is 39.0. The van der Waals surface area contributed by atoms with Gasteiger partial charge in [0.15, 0.2) is 0 Å². The van der Waals surface area contributed by atoms with E-state index < -0.39 is 133 Å². The first-order valence-electron chi connectivity index (χ1n) is 22.7. The molecule has 24 nitrogen and oxygen atoms in total. The molecule has 378 valence electrons. The summed E-state index contributed by atoms with van der Waals surface area (Å²) >= 11 is 0. The van der Waals surface area contributed by atoms with Gasteiger partial charge in [-0.25, -0.2) is 9.18 Å². The molecule has 0 aliphatic carbocycles. The number of unbranched alkanes of at least 4 members (excludes halogenated alkanes) is 1. The number of nitrogens with one attached hydrogen (secondary N) is 9. The lowest BCUT2D eigenvalue weighted by atomic mass is 10.0. The molecule has 0 aromatic heterocycles. The number of carbonyl (C=O) groups is 11. The van der Waals surface area contributed by atoms with Crippen molar-refractivity contribution in [1.29, 1.82) is 0 Å². The molecule has 2 aliphatic heterocycles. The summed E-state index contributed by atoms with van der Waals surface area (Å²) in [6.07, 6.45) is 0.363. The number of carboxylic acid groups (broad SMARTS) is 1. The topological polar surface area (TPSA) is 372 Å². The number of amides is 10. The van der Waals surface area contributed by atoms with Crippen molar-refractivity contribution in [2.75, 3.05) is 39.3 Å². The van der Waals surface area contributed by atoms with Crippen LogP contribution in [-0.4, -0.2) is 163 Å². The molecule has 2 rings (SSSR count). The molecule has 14 N–H and O–H groups in total. The second-order valence-electron chi connectivity index (χ2n) is 17.7. The molecule has 67 heavy (non-hydrogen) atoms. The van der Waals surface area contributed by atoms with E-state index in [4.69, 9.17) is 11.5 Å². The number of carbonyl (C=O) groups excluding carboxylic acids is 10. The zero-order chi connectivity index (χ0) is 50.4. The van der Waals surface area contributed by atoms with Crippen molar-refractivity contribution >= 4 is 65.0 Å². The third-order valence-electron chi connectivity index (χ3n) is 10.9. The van der Waals surface area contributed by atoms with Crippen molar-refractivity contribution in [2.24, 2.45) is 23.3 Å². The van der Waals surface area contributed by atoms with E-state index in [1.807, 2.05) is 0 Å². The molecule has 10 amide bonds. The maximum atomic E-state index is 13.5. The van der Waals surface area contributed by atoms with Crippen LogP contribution in [0.15, 0.2) is 0 Å². The van der Waals surface area contributed by atoms with Crippen LogP contribution in [0.1, 0.15) is 98.8 Å². The van der Waals surface area contributed by atoms with E-state index in [0.29, 0.717) is 32.2 Å². The molecule has 0 saturated carbocycles. The molecule has 0 aromatic rings. The van der Waals surface area contributed by atoms with Gasteiger partial charge in [0.25, 0.3) is 0 Å². The maximum Gasteiger partial charge on any atom is 0.326 e. The maximum absolute atomic E-state index is 13.5. The van der Waals surface area contributed by atoms with Gasteiger partial charge in [-0.05, 0) is 76.7 Å². The van der Waals surface area contributed by atoms with Gasteiger partial charge in [-0.1, -0.05) is 27.7 Å². The highest BCUT2D eigenvalue weighted by Crippen LogP contribution is 2.18. The summed E-state index contributed by atoms with van der Waals surface area (Å²) in [7, 11) is 0. The SMILES string of the molecule is CC(C)C[C@H](NC(=O)CNC(=O)[C@H](CC(C)C)NC(=O)[C@H](CCC(N)=O)NC(=O)CNC(=O)[C@@H]1C[C@@H](F)CN1)C(=O)N[C@@H](C)C(=O)NCC(=O)N1CCC[C@H]1C(=O)N[C@@H](CCCCN)C(=O)O. The van der Waals surface area contributed by atoms with Crippen molar-refractivity contribution in [3.63, 3.8) is 0 Å². The van der Waals surface area contributed by atoms with E-state index in [0.717, 1.165) is 0 Å². The number of likely N-dealkylation sites (tertiary alicyclic amines) is 1. The van der Waals surface area contributed by atoms with Crippen LogP contribution in [0.4, 0.5) is 4.39 Å². The summed E-state index contributed by atoms with van der Waals surface area (Å²) in [6, 6.07) is -7.88. The summed E-state index contributed by atoms with van der Waals surface area (Å²) in [6.45, 7) is 7.32. The predicted octanol–water partition coefficient (Wildman–Crippen LogP) is -3.96. The average Bonchev–Trinajstić information content (AvgIpc) is 3.93. The van der Waals surface area contributed by atoms with E-state index in [9.17, 15) is 62.2 Å². The Morgan fingerprint density at radius 1 is 0.687 bits per heavy atom. The van der Waals surface area contributed by atoms with Crippen LogP contribution in [0.3, 0.4) is 0 Å². The molecule has 2 fully saturated rings. The van der Waals surface area contributed by atoms with Gasteiger partial charge in [-0.3, -0.25) is 47.9 Å². The first kappa shape index (κ1) is 57.1. The summed E-state index contributed by atoms with van der Waals surface area (Å²) in [5.41, 5.74) is 10.8. The van der Waals surface area contributed by atoms with Gasteiger partial charge in [0.1, 0.15) is 42.4 Å². The zero-order valence-corrected chi connectivity index (χ0v) is 39.0. The number of halogens is 1. The van der Waals surface area contributed by atoms with Crippen molar-refractivity contribution in [3.8, 4) is 0 Å². The molecule has 0 aromatic carbocycles. The first-order chi connectivity index (χ1) is 31.5. The number of carboxylic acids is 1. The molecule has 0 bridgehead atoms. The summed E-state index contributed by atoms with van der Waals surface area (Å²) in [4.78, 5) is 142. The van der Waals surface area contributed by atoms with E-state index in [-0.39, 0.29) is 63.5 Å². The van der Waals surface area contributed by atoms with Gasteiger partial charge in [-0.2, -0.15) is 0 Å². The Labute approximate surface area is 389 Å². The minimum absolute atomic E-state index is 0.00895. The quantitative estimate of drug-likeness (QED) is 0.0319. The number of hydrogen-bond donors (Lipinski definition) is 12. The highest BCUT2D eigenvalue weighted by molar-refractivity contribution is 5.97. The molecule has 25 heteroatoms. The minimum Gasteiger partial charge on any atom is -0.480 e. The summed E-state index contributed by atoms with van der Waals surface area (Å²) < 4.78 is 13.5. The number of hydrogen-bond acceptors (Lipinski definition) is 13. The Hall–Kier alpha value is -5.98. The largest absolute Gasteiger partial charge is 0.480 e. The molecule has 0 spiro atoms. The van der Waals surface area contributed by atoms with Crippen LogP contribution >= 0.6 is 0 Å². The van der Waals surface area contributed by atoms with Crippen LogP contribution in [0.25, 0.3) is 0 Å². The van der Waals surface area contributed by atoms with Gasteiger partial charge in [-0.15, -0.1) is 0 Å². The van der Waals surface area contributed by atoms with Crippen LogP contribution < -0.4 is 59.3 Å². The van der Waals surface area contributed by atoms with Gasteiger partial charge < -0.3 is 69.3 Å². The highest BCUT2D eigenvalue weighted by atomic mass is 19.1. The van der Waals surface area contributed by atoms with Crippen molar-refractivity contribution < 1.29 is 62.2 Å². The van der Waals surface area contributed by atoms with Gasteiger partial charge in [0.05, 0.1) is 25.7 Å². The number of rotatable bonds is 29. The smallest absolute Gasteiger partial charge is 0.326 e. The van der Waals surface area contributed by atoms with Crippen LogP contribution in [0, 0.1) is 11.8 Å². The average molecular weight is 955 g/mol. The molecule has 0 radical (unpaired) electrons. The molecule has 2 heterocycles. The molecular formula is C42H71FN12O12. The second kappa shape index (κ2) is 28.9. The fourth-order valence-corrected chi connectivity index (χ4v) is 7.35. The Bertz CT molecular complexity index is 1770. The van der Waals surface area contributed by atoms with Crippen molar-refractivity contribution in [3.05, 3.63) is 0 Å². The monoisotopic (exact) mass is 955 g/mol. The number of aliphatic carboxylic acids is 1. The Balaban J connectivity index is 1.98. The normalized spacial score (nSPS) is 18.9. The first-order valence-corrected chi connectivity index (χ1v) is 22.7.